The minimum absolute atomic E-state index is 0.178. The quantitative estimate of drug-likeness (QED) is 0.839. The van der Waals surface area contributed by atoms with Crippen molar-refractivity contribution in [3.05, 3.63) is 30.1 Å². The van der Waals surface area contributed by atoms with Crippen molar-refractivity contribution in [2.45, 2.75) is 51.5 Å². The van der Waals surface area contributed by atoms with E-state index in [4.69, 9.17) is 0 Å². The van der Waals surface area contributed by atoms with Crippen LogP contribution in [0.1, 0.15) is 44.7 Å². The molecule has 0 N–H and O–H groups in total. The van der Waals surface area contributed by atoms with Gasteiger partial charge in [-0.05, 0) is 45.0 Å². The van der Waals surface area contributed by atoms with E-state index in [0.29, 0.717) is 6.54 Å². The maximum absolute atomic E-state index is 12.5. The van der Waals surface area contributed by atoms with Crippen molar-refractivity contribution >= 4 is 5.91 Å². The van der Waals surface area contributed by atoms with E-state index < -0.39 is 0 Å². The molecule has 22 heavy (non-hydrogen) atoms. The smallest absolute Gasteiger partial charge is 0.236 e. The van der Waals surface area contributed by atoms with E-state index in [9.17, 15) is 4.79 Å². The van der Waals surface area contributed by atoms with Gasteiger partial charge in [-0.15, -0.1) is 0 Å². The van der Waals surface area contributed by atoms with Crippen LogP contribution in [0.4, 0.5) is 0 Å². The molecule has 0 radical (unpaired) electrons. The SMILES string of the molecule is C[C@H](Cc1ccccn1)N(C)C(=O)CN1CCCCCCC1. The molecule has 1 fully saturated rings. The van der Waals surface area contributed by atoms with Crippen LogP contribution in [0.3, 0.4) is 0 Å². The zero-order valence-electron chi connectivity index (χ0n) is 14.0. The second-order valence-electron chi connectivity index (χ2n) is 6.42. The molecule has 122 valence electrons. The Morgan fingerprint density at radius 2 is 1.91 bits per heavy atom. The van der Waals surface area contributed by atoms with Crippen LogP contribution >= 0.6 is 0 Å². The Kier molecular flexibility index (Phi) is 6.84. The monoisotopic (exact) mass is 303 g/mol. The number of amides is 1. The van der Waals surface area contributed by atoms with Gasteiger partial charge in [-0.25, -0.2) is 0 Å². The summed E-state index contributed by atoms with van der Waals surface area (Å²) in [5, 5.41) is 0. The molecule has 0 unspecified atom stereocenters. The summed E-state index contributed by atoms with van der Waals surface area (Å²) in [6, 6.07) is 6.12. The number of carbonyl (C=O) groups excluding carboxylic acids is 1. The fourth-order valence-corrected chi connectivity index (χ4v) is 2.98. The van der Waals surface area contributed by atoms with Crippen LogP contribution in [0.2, 0.25) is 0 Å². The molecule has 1 aliphatic rings. The number of hydrogen-bond acceptors (Lipinski definition) is 3. The molecule has 1 aromatic heterocycles. The first-order valence-corrected chi connectivity index (χ1v) is 8.55. The maximum atomic E-state index is 12.5. The summed E-state index contributed by atoms with van der Waals surface area (Å²) in [6.45, 7) is 4.78. The number of hydrogen-bond donors (Lipinski definition) is 0. The summed E-state index contributed by atoms with van der Waals surface area (Å²) >= 11 is 0. The molecular weight excluding hydrogens is 274 g/mol. The average molecular weight is 303 g/mol. The van der Waals surface area contributed by atoms with Gasteiger partial charge < -0.3 is 4.90 Å². The summed E-state index contributed by atoms with van der Waals surface area (Å²) in [6.07, 6.45) is 9.02. The molecule has 1 amide bonds. The number of likely N-dealkylation sites (N-methyl/N-ethyl adjacent to an activating group) is 1. The number of pyridine rings is 1. The molecule has 2 rings (SSSR count). The molecular formula is C18H29N3O. The van der Waals surface area contributed by atoms with Crippen LogP contribution in [0.5, 0.6) is 0 Å². The Bertz CT molecular complexity index is 441. The van der Waals surface area contributed by atoms with Crippen LogP contribution in [0, 0.1) is 0 Å². The van der Waals surface area contributed by atoms with Gasteiger partial charge in [0.25, 0.3) is 0 Å². The molecule has 0 bridgehead atoms. The third kappa shape index (κ3) is 5.41. The summed E-state index contributed by atoms with van der Waals surface area (Å²) < 4.78 is 0. The lowest BCUT2D eigenvalue weighted by Gasteiger charge is -2.29. The number of aromatic nitrogens is 1. The second kappa shape index (κ2) is 8.89. The first kappa shape index (κ1) is 16.9. The molecule has 4 nitrogen and oxygen atoms in total. The fraction of sp³-hybridized carbons (Fsp3) is 0.667. The third-order valence-corrected chi connectivity index (χ3v) is 4.59. The van der Waals surface area contributed by atoms with E-state index in [-0.39, 0.29) is 11.9 Å². The highest BCUT2D eigenvalue weighted by Crippen LogP contribution is 2.11. The van der Waals surface area contributed by atoms with Crippen molar-refractivity contribution in [3.63, 3.8) is 0 Å². The predicted molar refractivity (Wildman–Crippen MR) is 89.7 cm³/mol. The summed E-state index contributed by atoms with van der Waals surface area (Å²) in [4.78, 5) is 21.1. The number of likely N-dealkylation sites (tertiary alicyclic amines) is 1. The zero-order chi connectivity index (χ0) is 15.8. The fourth-order valence-electron chi connectivity index (χ4n) is 2.98. The lowest BCUT2D eigenvalue weighted by molar-refractivity contribution is -0.133. The Morgan fingerprint density at radius 3 is 2.55 bits per heavy atom. The molecule has 1 aliphatic heterocycles. The predicted octanol–water partition coefficient (Wildman–Crippen LogP) is 2.74. The van der Waals surface area contributed by atoms with Crippen molar-refractivity contribution in [1.82, 2.24) is 14.8 Å². The van der Waals surface area contributed by atoms with Crippen molar-refractivity contribution in [2.24, 2.45) is 0 Å². The Labute approximate surface area is 134 Å². The Hall–Kier alpha value is -1.42. The lowest BCUT2D eigenvalue weighted by Crippen LogP contribution is -2.44. The second-order valence-corrected chi connectivity index (χ2v) is 6.42. The van der Waals surface area contributed by atoms with Crippen LogP contribution < -0.4 is 0 Å². The van der Waals surface area contributed by atoms with Crippen LogP contribution in [-0.4, -0.2) is 53.4 Å². The van der Waals surface area contributed by atoms with E-state index in [1.54, 1.807) is 0 Å². The van der Waals surface area contributed by atoms with Gasteiger partial charge >= 0.3 is 0 Å². The zero-order valence-corrected chi connectivity index (χ0v) is 14.0. The molecule has 4 heteroatoms. The molecule has 0 saturated carbocycles. The van der Waals surface area contributed by atoms with Crippen LogP contribution in [-0.2, 0) is 11.2 Å². The minimum atomic E-state index is 0.178. The Balaban J connectivity index is 1.82. The molecule has 1 aromatic rings. The van der Waals surface area contributed by atoms with Gasteiger partial charge in [0.1, 0.15) is 0 Å². The number of rotatable bonds is 5. The Morgan fingerprint density at radius 1 is 1.23 bits per heavy atom. The van der Waals surface area contributed by atoms with E-state index in [2.05, 4.69) is 16.8 Å². The normalized spacial score (nSPS) is 18.3. The van der Waals surface area contributed by atoms with Gasteiger partial charge in [-0.3, -0.25) is 14.7 Å². The molecule has 1 saturated heterocycles. The van der Waals surface area contributed by atoms with E-state index in [1.165, 1.54) is 32.1 Å². The average Bonchev–Trinajstić information content (AvgIpc) is 2.50. The van der Waals surface area contributed by atoms with Gasteiger partial charge in [-0.2, -0.15) is 0 Å². The van der Waals surface area contributed by atoms with E-state index >= 15 is 0 Å². The van der Waals surface area contributed by atoms with Crippen molar-refractivity contribution < 1.29 is 4.79 Å². The van der Waals surface area contributed by atoms with Crippen molar-refractivity contribution in [3.8, 4) is 0 Å². The summed E-state index contributed by atoms with van der Waals surface area (Å²) in [5.74, 6) is 0.226. The summed E-state index contributed by atoms with van der Waals surface area (Å²) in [7, 11) is 1.92. The first-order chi connectivity index (χ1) is 10.7. The van der Waals surface area contributed by atoms with Crippen molar-refractivity contribution in [2.75, 3.05) is 26.7 Å². The standard InChI is InChI=1S/C18H29N3O/c1-16(14-17-10-6-7-11-19-17)20(2)18(22)15-21-12-8-4-3-5-9-13-21/h6-7,10-11,16H,3-5,8-9,12-15H2,1-2H3/t16-/m1/s1. The molecule has 0 spiro atoms. The molecule has 0 aromatic carbocycles. The van der Waals surface area contributed by atoms with Crippen LogP contribution in [0.25, 0.3) is 0 Å². The minimum Gasteiger partial charge on any atom is -0.342 e. The summed E-state index contributed by atoms with van der Waals surface area (Å²) in [5.41, 5.74) is 1.04. The van der Waals surface area contributed by atoms with Gasteiger partial charge in [0, 0.05) is 31.4 Å². The third-order valence-electron chi connectivity index (χ3n) is 4.59. The van der Waals surface area contributed by atoms with Crippen LogP contribution in [0.15, 0.2) is 24.4 Å². The van der Waals surface area contributed by atoms with Gasteiger partial charge in [0.15, 0.2) is 0 Å². The maximum Gasteiger partial charge on any atom is 0.236 e. The largest absolute Gasteiger partial charge is 0.342 e. The molecule has 2 heterocycles. The first-order valence-electron chi connectivity index (χ1n) is 8.55. The highest BCUT2D eigenvalue weighted by atomic mass is 16.2. The van der Waals surface area contributed by atoms with E-state index in [1.807, 2.05) is 36.3 Å². The topological polar surface area (TPSA) is 36.4 Å². The highest BCUT2D eigenvalue weighted by molar-refractivity contribution is 5.78. The number of nitrogens with zero attached hydrogens (tertiary/aromatic N) is 3. The number of carbonyl (C=O) groups is 1. The van der Waals surface area contributed by atoms with Gasteiger partial charge in [0.2, 0.25) is 5.91 Å². The van der Waals surface area contributed by atoms with E-state index in [0.717, 1.165) is 25.2 Å². The van der Waals surface area contributed by atoms with Gasteiger partial charge in [-0.1, -0.05) is 25.3 Å². The molecule has 1 atom stereocenters. The molecule has 0 aliphatic carbocycles. The highest BCUT2D eigenvalue weighted by Gasteiger charge is 2.19. The van der Waals surface area contributed by atoms with Gasteiger partial charge in [0.05, 0.1) is 6.54 Å². The lowest BCUT2D eigenvalue weighted by atomic mass is 10.1. The van der Waals surface area contributed by atoms with Crippen molar-refractivity contribution in [1.29, 1.82) is 0 Å².